The Morgan fingerprint density at radius 1 is 1.15 bits per heavy atom. The van der Waals surface area contributed by atoms with Crippen LogP contribution in [0.1, 0.15) is 23.4 Å². The number of nitrogens with one attached hydrogen (secondary N) is 2. The molecule has 0 saturated carbocycles. The molecule has 1 aromatic carbocycles. The second-order valence-electron chi connectivity index (χ2n) is 5.92. The highest BCUT2D eigenvalue weighted by atomic mass is 16.1. The van der Waals surface area contributed by atoms with Gasteiger partial charge in [0, 0.05) is 24.6 Å². The van der Waals surface area contributed by atoms with E-state index in [2.05, 4.69) is 25.5 Å². The van der Waals surface area contributed by atoms with Crippen LogP contribution in [0.15, 0.2) is 53.5 Å². The monoisotopic (exact) mass is 349 g/mol. The summed E-state index contributed by atoms with van der Waals surface area (Å²) in [7, 11) is 0. The van der Waals surface area contributed by atoms with Gasteiger partial charge in [0.05, 0.1) is 12.2 Å². The van der Waals surface area contributed by atoms with E-state index < -0.39 is 0 Å². The number of carbonyl (C=O) groups excluding carboxylic acids is 1. The van der Waals surface area contributed by atoms with E-state index in [4.69, 9.17) is 0 Å². The lowest BCUT2D eigenvalue weighted by molar-refractivity contribution is -0.121. The van der Waals surface area contributed by atoms with E-state index in [1.165, 1.54) is 0 Å². The fraction of sp³-hybridized carbons (Fsp3) is 0.211. The summed E-state index contributed by atoms with van der Waals surface area (Å²) in [4.78, 5) is 31.0. The maximum atomic E-state index is 12.2. The van der Waals surface area contributed by atoms with Crippen molar-refractivity contribution in [2.45, 2.75) is 26.3 Å². The van der Waals surface area contributed by atoms with Crippen LogP contribution in [0.2, 0.25) is 0 Å². The molecule has 3 aromatic rings. The molecule has 0 unspecified atom stereocenters. The largest absolute Gasteiger partial charge is 0.350 e. The van der Waals surface area contributed by atoms with Gasteiger partial charge in [-0.05, 0) is 25.1 Å². The van der Waals surface area contributed by atoms with Crippen LogP contribution in [0.25, 0.3) is 11.4 Å². The van der Waals surface area contributed by atoms with Crippen molar-refractivity contribution < 1.29 is 4.79 Å². The summed E-state index contributed by atoms with van der Waals surface area (Å²) in [6, 6.07) is 13.1. The molecule has 26 heavy (non-hydrogen) atoms. The van der Waals surface area contributed by atoms with Crippen LogP contribution in [0.5, 0.6) is 0 Å². The standard InChI is InChI=1S/C19H19N5O2/c1-13-5-4-6-14(11-13)18-22-19(26)16(23-24-18)8-9-17(25)21-12-15-7-2-3-10-20-15/h2-7,10-11H,8-9,12H2,1H3,(H,21,25)(H,22,24,26). The third kappa shape index (κ3) is 4.60. The quantitative estimate of drug-likeness (QED) is 0.706. The molecule has 3 rings (SSSR count). The molecule has 0 bridgehead atoms. The minimum Gasteiger partial charge on any atom is -0.350 e. The molecule has 0 atom stereocenters. The summed E-state index contributed by atoms with van der Waals surface area (Å²) < 4.78 is 0. The second kappa shape index (κ2) is 8.15. The molecule has 132 valence electrons. The van der Waals surface area contributed by atoms with Crippen molar-refractivity contribution in [1.82, 2.24) is 25.5 Å². The smallest absolute Gasteiger partial charge is 0.273 e. The first kappa shape index (κ1) is 17.5. The summed E-state index contributed by atoms with van der Waals surface area (Å²) >= 11 is 0. The predicted molar refractivity (Wildman–Crippen MR) is 97.2 cm³/mol. The molecule has 1 amide bonds. The first-order valence-corrected chi connectivity index (χ1v) is 8.31. The van der Waals surface area contributed by atoms with Gasteiger partial charge in [-0.3, -0.25) is 14.6 Å². The lowest BCUT2D eigenvalue weighted by Gasteiger charge is -2.05. The molecule has 0 saturated heterocycles. The Morgan fingerprint density at radius 2 is 2.04 bits per heavy atom. The first-order valence-electron chi connectivity index (χ1n) is 8.31. The van der Waals surface area contributed by atoms with Gasteiger partial charge in [0.25, 0.3) is 5.56 Å². The molecule has 0 aliphatic rings. The number of H-pyrrole nitrogens is 1. The van der Waals surface area contributed by atoms with Crippen molar-refractivity contribution in [3.05, 3.63) is 76.0 Å². The van der Waals surface area contributed by atoms with Gasteiger partial charge < -0.3 is 10.3 Å². The van der Waals surface area contributed by atoms with Crippen LogP contribution < -0.4 is 10.9 Å². The molecular weight excluding hydrogens is 330 g/mol. The van der Waals surface area contributed by atoms with Gasteiger partial charge in [-0.15, -0.1) is 10.2 Å². The van der Waals surface area contributed by atoms with Crippen molar-refractivity contribution >= 4 is 5.91 Å². The first-order chi connectivity index (χ1) is 12.6. The van der Waals surface area contributed by atoms with E-state index >= 15 is 0 Å². The van der Waals surface area contributed by atoms with Crippen molar-refractivity contribution in [2.75, 3.05) is 0 Å². The number of hydrogen-bond donors (Lipinski definition) is 2. The summed E-state index contributed by atoms with van der Waals surface area (Å²) in [6.07, 6.45) is 2.06. The number of carbonyl (C=O) groups is 1. The van der Waals surface area contributed by atoms with Gasteiger partial charge in [0.2, 0.25) is 5.91 Å². The summed E-state index contributed by atoms with van der Waals surface area (Å²) in [5, 5.41) is 10.8. The molecule has 0 aliphatic carbocycles. The van der Waals surface area contributed by atoms with Crippen LogP contribution in [-0.4, -0.2) is 26.1 Å². The average Bonchev–Trinajstić information content (AvgIpc) is 2.66. The number of amides is 1. The number of pyridine rings is 1. The Hall–Kier alpha value is -3.35. The normalized spacial score (nSPS) is 10.5. The summed E-state index contributed by atoms with van der Waals surface area (Å²) in [5.41, 5.74) is 2.57. The van der Waals surface area contributed by atoms with Gasteiger partial charge in [-0.2, -0.15) is 0 Å². The molecule has 2 heterocycles. The van der Waals surface area contributed by atoms with E-state index in [0.717, 1.165) is 16.8 Å². The summed E-state index contributed by atoms with van der Waals surface area (Å²) in [5.74, 6) is 0.252. The maximum Gasteiger partial charge on any atom is 0.273 e. The van der Waals surface area contributed by atoms with Gasteiger partial charge in [-0.1, -0.05) is 29.8 Å². The number of aromatic nitrogens is 4. The number of hydrogen-bond acceptors (Lipinski definition) is 5. The molecular formula is C19H19N5O2. The van der Waals surface area contributed by atoms with Crippen LogP contribution in [0.4, 0.5) is 0 Å². The molecule has 2 N–H and O–H groups in total. The minimum atomic E-state index is -0.325. The predicted octanol–water partition coefficient (Wildman–Crippen LogP) is 1.78. The molecule has 7 heteroatoms. The summed E-state index contributed by atoms with van der Waals surface area (Å²) in [6.45, 7) is 2.32. The Balaban J connectivity index is 1.58. The van der Waals surface area contributed by atoms with E-state index in [-0.39, 0.29) is 30.0 Å². The van der Waals surface area contributed by atoms with E-state index in [1.54, 1.807) is 6.20 Å². The maximum absolute atomic E-state index is 12.2. The average molecular weight is 349 g/mol. The molecule has 0 aliphatic heterocycles. The number of aromatic amines is 1. The zero-order valence-electron chi connectivity index (χ0n) is 14.4. The fourth-order valence-corrected chi connectivity index (χ4v) is 2.46. The molecule has 7 nitrogen and oxygen atoms in total. The lowest BCUT2D eigenvalue weighted by Crippen LogP contribution is -2.25. The van der Waals surface area contributed by atoms with E-state index in [0.29, 0.717) is 12.4 Å². The van der Waals surface area contributed by atoms with E-state index in [1.807, 2.05) is 49.4 Å². The topological polar surface area (TPSA) is 101 Å². The molecule has 0 spiro atoms. The SMILES string of the molecule is Cc1cccc(-c2nnc(CCC(=O)NCc3ccccn3)c(=O)[nH]2)c1. The molecule has 0 fully saturated rings. The Morgan fingerprint density at radius 3 is 2.77 bits per heavy atom. The second-order valence-corrected chi connectivity index (χ2v) is 5.92. The Labute approximate surface area is 150 Å². The number of nitrogens with zero attached hydrogens (tertiary/aromatic N) is 3. The van der Waals surface area contributed by atoms with Crippen LogP contribution >= 0.6 is 0 Å². The fourth-order valence-electron chi connectivity index (χ4n) is 2.46. The number of rotatable bonds is 6. The van der Waals surface area contributed by atoms with Crippen LogP contribution in [0.3, 0.4) is 0 Å². The zero-order chi connectivity index (χ0) is 18.4. The highest BCUT2D eigenvalue weighted by molar-refractivity contribution is 5.76. The van der Waals surface area contributed by atoms with Crippen molar-refractivity contribution in [3.63, 3.8) is 0 Å². The van der Waals surface area contributed by atoms with Gasteiger partial charge >= 0.3 is 0 Å². The molecule has 0 radical (unpaired) electrons. The lowest BCUT2D eigenvalue weighted by atomic mass is 10.1. The third-order valence-electron chi connectivity index (χ3n) is 3.84. The van der Waals surface area contributed by atoms with Crippen molar-refractivity contribution in [1.29, 1.82) is 0 Å². The Bertz CT molecular complexity index is 953. The highest BCUT2D eigenvalue weighted by Gasteiger charge is 2.09. The van der Waals surface area contributed by atoms with Crippen LogP contribution in [0, 0.1) is 6.92 Å². The van der Waals surface area contributed by atoms with Gasteiger partial charge in [-0.25, -0.2) is 0 Å². The van der Waals surface area contributed by atoms with Gasteiger partial charge in [0.15, 0.2) is 5.82 Å². The number of benzene rings is 1. The minimum absolute atomic E-state index is 0.161. The number of aryl methyl sites for hydroxylation is 2. The Kier molecular flexibility index (Phi) is 5.48. The molecule has 2 aromatic heterocycles. The van der Waals surface area contributed by atoms with Crippen molar-refractivity contribution in [3.8, 4) is 11.4 Å². The third-order valence-corrected chi connectivity index (χ3v) is 3.84. The van der Waals surface area contributed by atoms with Gasteiger partial charge in [0.1, 0.15) is 5.69 Å². The zero-order valence-corrected chi connectivity index (χ0v) is 14.4. The van der Waals surface area contributed by atoms with Crippen LogP contribution in [-0.2, 0) is 17.8 Å². The van der Waals surface area contributed by atoms with Crippen molar-refractivity contribution in [2.24, 2.45) is 0 Å². The van der Waals surface area contributed by atoms with E-state index in [9.17, 15) is 9.59 Å². The highest BCUT2D eigenvalue weighted by Crippen LogP contribution is 2.13.